The first-order valence-corrected chi connectivity index (χ1v) is 5.39. The average Bonchev–Trinajstić information content (AvgIpc) is 2.98. The van der Waals surface area contributed by atoms with Crippen LogP contribution in [0.5, 0.6) is 0 Å². The lowest BCUT2D eigenvalue weighted by molar-refractivity contribution is -0.137. The Labute approximate surface area is 96.4 Å². The van der Waals surface area contributed by atoms with E-state index in [2.05, 4.69) is 0 Å². The first kappa shape index (κ1) is 11.7. The maximum absolute atomic E-state index is 12.5. The molecule has 1 atom stereocenters. The molecule has 1 saturated carbocycles. The van der Waals surface area contributed by atoms with Gasteiger partial charge in [-0.15, -0.1) is 0 Å². The molecule has 1 aromatic rings. The van der Waals surface area contributed by atoms with Gasteiger partial charge in [0.15, 0.2) is 0 Å². The molecule has 2 rings (SSSR count). The fraction of sp³-hybridized carbons (Fsp3) is 0.455. The Morgan fingerprint density at radius 1 is 1.31 bits per heavy atom. The molecule has 1 nitrogen and oxygen atoms in total. The van der Waals surface area contributed by atoms with Gasteiger partial charge in [-0.1, -0.05) is 11.6 Å². The molecule has 0 heterocycles. The summed E-state index contributed by atoms with van der Waals surface area (Å²) in [4.78, 5) is 0. The second kappa shape index (κ2) is 3.93. The summed E-state index contributed by atoms with van der Waals surface area (Å²) < 4.78 is 37.5. The van der Waals surface area contributed by atoms with Gasteiger partial charge in [-0.2, -0.15) is 13.2 Å². The summed E-state index contributed by atoms with van der Waals surface area (Å²) in [5, 5.41) is 0.312. The molecule has 16 heavy (non-hydrogen) atoms. The molecule has 0 saturated heterocycles. The second-order valence-corrected chi connectivity index (χ2v) is 4.50. The Morgan fingerprint density at radius 2 is 1.94 bits per heavy atom. The topological polar surface area (TPSA) is 26.0 Å². The van der Waals surface area contributed by atoms with E-state index >= 15 is 0 Å². The Morgan fingerprint density at radius 3 is 2.44 bits per heavy atom. The summed E-state index contributed by atoms with van der Waals surface area (Å²) in [6.45, 7) is 0. The van der Waals surface area contributed by atoms with Crippen LogP contribution in [0.15, 0.2) is 18.2 Å². The van der Waals surface area contributed by atoms with Crippen molar-refractivity contribution in [2.24, 2.45) is 11.7 Å². The molecule has 0 bridgehead atoms. The number of rotatable bonds is 2. The molecule has 5 heteroatoms. The third kappa shape index (κ3) is 2.33. The Bertz CT molecular complexity index is 399. The number of halogens is 4. The molecule has 0 amide bonds. The highest BCUT2D eigenvalue weighted by Gasteiger charge is 2.34. The predicted octanol–water partition coefficient (Wildman–Crippen LogP) is 3.77. The lowest BCUT2D eigenvalue weighted by atomic mass is 10.0. The highest BCUT2D eigenvalue weighted by molar-refractivity contribution is 6.31. The monoisotopic (exact) mass is 249 g/mol. The van der Waals surface area contributed by atoms with Crippen LogP contribution in [0.25, 0.3) is 0 Å². The van der Waals surface area contributed by atoms with Crippen LogP contribution >= 0.6 is 11.6 Å². The van der Waals surface area contributed by atoms with E-state index < -0.39 is 11.7 Å². The largest absolute Gasteiger partial charge is 0.416 e. The van der Waals surface area contributed by atoms with Crippen molar-refractivity contribution in [1.82, 2.24) is 0 Å². The van der Waals surface area contributed by atoms with E-state index in [4.69, 9.17) is 17.3 Å². The third-order valence-electron chi connectivity index (χ3n) is 2.81. The Kier molecular flexibility index (Phi) is 2.88. The molecule has 1 aliphatic carbocycles. The number of hydrogen-bond donors (Lipinski definition) is 1. The second-order valence-electron chi connectivity index (χ2n) is 4.10. The van der Waals surface area contributed by atoms with E-state index in [0.717, 1.165) is 25.0 Å². The molecular formula is C11H11ClF3N. The normalized spacial score (nSPS) is 18.6. The maximum atomic E-state index is 12.5. The summed E-state index contributed by atoms with van der Waals surface area (Å²) >= 11 is 5.87. The molecule has 0 spiro atoms. The molecule has 1 fully saturated rings. The molecule has 1 aromatic carbocycles. The molecule has 1 aliphatic rings. The van der Waals surface area contributed by atoms with Crippen molar-refractivity contribution in [2.75, 3.05) is 0 Å². The van der Waals surface area contributed by atoms with Gasteiger partial charge in [0.2, 0.25) is 0 Å². The summed E-state index contributed by atoms with van der Waals surface area (Å²) in [6, 6.07) is 2.92. The quantitative estimate of drug-likeness (QED) is 0.848. The summed E-state index contributed by atoms with van der Waals surface area (Å²) in [6.07, 6.45) is -2.41. The van der Waals surface area contributed by atoms with Gasteiger partial charge in [-0.3, -0.25) is 0 Å². The standard InChI is InChI=1S/C11H11ClF3N/c12-9-4-3-7(11(13,14)15)5-8(9)10(16)6-1-2-6/h3-6,10H,1-2,16H2. The highest BCUT2D eigenvalue weighted by atomic mass is 35.5. The van der Waals surface area contributed by atoms with Gasteiger partial charge in [0.25, 0.3) is 0 Å². The van der Waals surface area contributed by atoms with Gasteiger partial charge in [-0.05, 0) is 42.5 Å². The van der Waals surface area contributed by atoms with E-state index in [0.29, 0.717) is 10.6 Å². The zero-order valence-electron chi connectivity index (χ0n) is 8.39. The van der Waals surface area contributed by atoms with Crippen LogP contribution < -0.4 is 5.73 Å². The van der Waals surface area contributed by atoms with Crippen molar-refractivity contribution in [3.05, 3.63) is 34.3 Å². The van der Waals surface area contributed by atoms with Crippen LogP contribution in [0, 0.1) is 5.92 Å². The van der Waals surface area contributed by atoms with E-state index in [1.165, 1.54) is 6.07 Å². The van der Waals surface area contributed by atoms with E-state index in [9.17, 15) is 13.2 Å². The molecule has 2 N–H and O–H groups in total. The molecule has 1 unspecified atom stereocenters. The first-order valence-electron chi connectivity index (χ1n) is 5.02. The lowest BCUT2D eigenvalue weighted by Gasteiger charge is -2.15. The SMILES string of the molecule is NC(c1cc(C(F)(F)F)ccc1Cl)C1CC1. The van der Waals surface area contributed by atoms with Crippen LogP contribution in [0.1, 0.15) is 30.0 Å². The minimum atomic E-state index is -4.34. The maximum Gasteiger partial charge on any atom is 0.416 e. The van der Waals surface area contributed by atoms with Gasteiger partial charge >= 0.3 is 6.18 Å². The van der Waals surface area contributed by atoms with Crippen molar-refractivity contribution >= 4 is 11.6 Å². The van der Waals surface area contributed by atoms with Crippen molar-refractivity contribution in [3.8, 4) is 0 Å². The van der Waals surface area contributed by atoms with Crippen LogP contribution in [0.4, 0.5) is 13.2 Å². The number of nitrogens with two attached hydrogens (primary N) is 1. The molecule has 0 aromatic heterocycles. The zero-order valence-corrected chi connectivity index (χ0v) is 9.15. The van der Waals surface area contributed by atoms with Gasteiger partial charge in [0.05, 0.1) is 5.56 Å². The molecule has 0 aliphatic heterocycles. The predicted molar refractivity (Wildman–Crippen MR) is 56.1 cm³/mol. The van der Waals surface area contributed by atoms with Crippen LogP contribution in [0.3, 0.4) is 0 Å². The molecular weight excluding hydrogens is 239 g/mol. The van der Waals surface area contributed by atoms with E-state index in [1.807, 2.05) is 0 Å². The average molecular weight is 250 g/mol. The van der Waals surface area contributed by atoms with Gasteiger partial charge in [0, 0.05) is 11.1 Å². The van der Waals surface area contributed by atoms with E-state index in [-0.39, 0.29) is 12.0 Å². The van der Waals surface area contributed by atoms with E-state index in [1.54, 1.807) is 0 Å². The van der Waals surface area contributed by atoms with Crippen molar-refractivity contribution in [3.63, 3.8) is 0 Å². The summed E-state index contributed by atoms with van der Waals surface area (Å²) in [7, 11) is 0. The smallest absolute Gasteiger partial charge is 0.324 e. The van der Waals surface area contributed by atoms with Gasteiger partial charge in [0.1, 0.15) is 0 Å². The Hall–Kier alpha value is -0.740. The molecule has 88 valence electrons. The lowest BCUT2D eigenvalue weighted by Crippen LogP contribution is -2.15. The van der Waals surface area contributed by atoms with Gasteiger partial charge in [-0.25, -0.2) is 0 Å². The van der Waals surface area contributed by atoms with Gasteiger partial charge < -0.3 is 5.73 Å². The highest BCUT2D eigenvalue weighted by Crippen LogP contribution is 2.42. The fourth-order valence-corrected chi connectivity index (χ4v) is 1.93. The minimum Gasteiger partial charge on any atom is -0.324 e. The first-order chi connectivity index (χ1) is 7.39. The molecule has 0 radical (unpaired) electrons. The number of alkyl halides is 3. The zero-order chi connectivity index (χ0) is 11.9. The Balaban J connectivity index is 2.36. The van der Waals surface area contributed by atoms with Crippen LogP contribution in [0.2, 0.25) is 5.02 Å². The summed E-state index contributed by atoms with van der Waals surface area (Å²) in [5.74, 6) is 0.279. The van der Waals surface area contributed by atoms with Crippen LogP contribution in [-0.2, 0) is 6.18 Å². The van der Waals surface area contributed by atoms with Crippen molar-refractivity contribution in [1.29, 1.82) is 0 Å². The fourth-order valence-electron chi connectivity index (χ4n) is 1.68. The number of hydrogen-bond acceptors (Lipinski definition) is 1. The number of benzene rings is 1. The summed E-state index contributed by atoms with van der Waals surface area (Å²) in [5.41, 5.74) is 5.57. The van der Waals surface area contributed by atoms with Crippen molar-refractivity contribution < 1.29 is 13.2 Å². The van der Waals surface area contributed by atoms with Crippen molar-refractivity contribution in [2.45, 2.75) is 25.1 Å². The third-order valence-corrected chi connectivity index (χ3v) is 3.16. The minimum absolute atomic E-state index is 0.279. The van der Waals surface area contributed by atoms with Crippen LogP contribution in [-0.4, -0.2) is 0 Å².